The quantitative estimate of drug-likeness (QED) is 0.815. The lowest BCUT2D eigenvalue weighted by Gasteiger charge is -2.04. The van der Waals surface area contributed by atoms with Gasteiger partial charge in [0.2, 0.25) is 5.95 Å². The first kappa shape index (κ1) is 10.5. The zero-order valence-electron chi connectivity index (χ0n) is 9.56. The number of benzene rings is 1. The maximum absolute atomic E-state index is 11.9. The molecule has 0 radical (unpaired) electrons. The van der Waals surface area contributed by atoms with E-state index in [0.717, 1.165) is 11.3 Å². The zero-order valence-corrected chi connectivity index (χ0v) is 9.56. The number of hydrogen-bond donors (Lipinski definition) is 1. The highest BCUT2D eigenvalue weighted by molar-refractivity contribution is 5.41. The van der Waals surface area contributed by atoms with Crippen LogP contribution in [0.15, 0.2) is 29.1 Å². The zero-order chi connectivity index (χ0) is 11.7. The lowest BCUT2D eigenvalue weighted by molar-refractivity contribution is 0.727. The minimum absolute atomic E-state index is 0.159. The van der Waals surface area contributed by atoms with E-state index in [0.29, 0.717) is 5.95 Å². The highest BCUT2D eigenvalue weighted by Crippen LogP contribution is 2.11. The molecule has 0 atom stereocenters. The van der Waals surface area contributed by atoms with Gasteiger partial charge in [0.15, 0.2) is 0 Å². The fourth-order valence-electron chi connectivity index (χ4n) is 1.55. The van der Waals surface area contributed by atoms with E-state index >= 15 is 0 Å². The van der Waals surface area contributed by atoms with Crippen molar-refractivity contribution >= 4 is 5.95 Å². The van der Waals surface area contributed by atoms with Gasteiger partial charge in [-0.1, -0.05) is 17.7 Å². The molecule has 0 unspecified atom stereocenters. The van der Waals surface area contributed by atoms with Gasteiger partial charge < -0.3 is 5.32 Å². The first-order chi connectivity index (χ1) is 7.63. The van der Waals surface area contributed by atoms with Crippen molar-refractivity contribution in [3.8, 4) is 5.69 Å². The lowest BCUT2D eigenvalue weighted by atomic mass is 10.2. The number of aryl methyl sites for hydroxylation is 2. The second-order valence-corrected chi connectivity index (χ2v) is 3.65. The molecule has 84 valence electrons. The number of aromatic nitrogens is 3. The average Bonchev–Trinajstić information content (AvgIpc) is 2.57. The van der Waals surface area contributed by atoms with Gasteiger partial charge in [0.1, 0.15) is 0 Å². The highest BCUT2D eigenvalue weighted by Gasteiger charge is 2.10. The van der Waals surface area contributed by atoms with Crippen LogP contribution in [-0.4, -0.2) is 21.4 Å². The van der Waals surface area contributed by atoms with E-state index in [1.165, 1.54) is 4.68 Å². The largest absolute Gasteiger partial charge is 0.357 e. The second kappa shape index (κ2) is 3.84. The molecule has 1 aromatic carbocycles. The Kier molecular flexibility index (Phi) is 2.52. The summed E-state index contributed by atoms with van der Waals surface area (Å²) in [5.74, 6) is 0.538. The van der Waals surface area contributed by atoms with Gasteiger partial charge in [-0.25, -0.2) is 14.0 Å². The first-order valence-electron chi connectivity index (χ1n) is 5.04. The van der Waals surface area contributed by atoms with Crippen molar-refractivity contribution in [1.82, 2.24) is 14.3 Å². The van der Waals surface area contributed by atoms with Gasteiger partial charge in [0.25, 0.3) is 0 Å². The van der Waals surface area contributed by atoms with Gasteiger partial charge in [-0.05, 0) is 19.1 Å². The summed E-state index contributed by atoms with van der Waals surface area (Å²) in [6, 6.07) is 7.74. The van der Waals surface area contributed by atoms with Crippen LogP contribution in [0.2, 0.25) is 0 Å². The van der Waals surface area contributed by atoms with E-state index in [1.807, 2.05) is 31.2 Å². The second-order valence-electron chi connectivity index (χ2n) is 3.65. The van der Waals surface area contributed by atoms with E-state index < -0.39 is 0 Å². The number of anilines is 1. The lowest BCUT2D eigenvalue weighted by Crippen LogP contribution is -2.21. The van der Waals surface area contributed by atoms with E-state index in [1.54, 1.807) is 18.7 Å². The minimum Gasteiger partial charge on any atom is -0.357 e. The highest BCUT2D eigenvalue weighted by atomic mass is 16.2. The van der Waals surface area contributed by atoms with Crippen LogP contribution in [0.1, 0.15) is 5.56 Å². The third kappa shape index (κ3) is 1.60. The Morgan fingerprint density at radius 3 is 2.44 bits per heavy atom. The molecule has 0 aliphatic rings. The van der Waals surface area contributed by atoms with Gasteiger partial charge >= 0.3 is 5.69 Å². The summed E-state index contributed by atoms with van der Waals surface area (Å²) in [4.78, 5) is 11.9. The summed E-state index contributed by atoms with van der Waals surface area (Å²) < 4.78 is 2.85. The number of nitrogens with zero attached hydrogens (tertiary/aromatic N) is 3. The molecule has 0 bridgehead atoms. The molecule has 1 N–H and O–H groups in total. The molecule has 1 aromatic heterocycles. The molecule has 0 amide bonds. The number of rotatable bonds is 2. The third-order valence-corrected chi connectivity index (χ3v) is 2.44. The normalized spacial score (nSPS) is 10.4. The number of nitrogens with one attached hydrogen (secondary N) is 1. The molecule has 0 aliphatic heterocycles. The van der Waals surface area contributed by atoms with Crippen molar-refractivity contribution in [1.29, 1.82) is 0 Å². The molecule has 2 aromatic rings. The Bertz CT molecular complexity index is 550. The Balaban J connectivity index is 2.63. The molecule has 5 heteroatoms. The molecule has 0 saturated carbocycles. The SMILES string of the molecule is CNc1nn(C)c(=O)n1-c1ccc(C)cc1. The Morgan fingerprint density at radius 1 is 1.25 bits per heavy atom. The Hall–Kier alpha value is -2.04. The van der Waals surface area contributed by atoms with E-state index in [9.17, 15) is 4.79 Å². The molecule has 2 rings (SSSR count). The Morgan fingerprint density at radius 2 is 1.88 bits per heavy atom. The van der Waals surface area contributed by atoms with Crippen LogP contribution in [0.5, 0.6) is 0 Å². The summed E-state index contributed by atoms with van der Waals surface area (Å²) in [7, 11) is 3.38. The predicted octanol–water partition coefficient (Wildman–Crippen LogP) is 0.921. The van der Waals surface area contributed by atoms with Crippen LogP contribution < -0.4 is 11.0 Å². The molecule has 0 spiro atoms. The summed E-state index contributed by atoms with van der Waals surface area (Å²) in [6.07, 6.45) is 0. The maximum atomic E-state index is 11.9. The van der Waals surface area contributed by atoms with Crippen LogP contribution in [0.25, 0.3) is 5.69 Å². The predicted molar refractivity (Wildman–Crippen MR) is 63.1 cm³/mol. The van der Waals surface area contributed by atoms with Gasteiger partial charge in [-0.15, -0.1) is 5.10 Å². The summed E-state index contributed by atoms with van der Waals surface area (Å²) in [6.45, 7) is 2.01. The van der Waals surface area contributed by atoms with Crippen molar-refractivity contribution in [2.75, 3.05) is 12.4 Å². The van der Waals surface area contributed by atoms with Crippen LogP contribution in [0.3, 0.4) is 0 Å². The average molecular weight is 218 g/mol. The minimum atomic E-state index is -0.159. The van der Waals surface area contributed by atoms with Crippen LogP contribution in [0.4, 0.5) is 5.95 Å². The molecule has 0 aliphatic carbocycles. The van der Waals surface area contributed by atoms with Crippen molar-refractivity contribution in [2.24, 2.45) is 7.05 Å². The van der Waals surface area contributed by atoms with Crippen molar-refractivity contribution in [3.63, 3.8) is 0 Å². The third-order valence-electron chi connectivity index (χ3n) is 2.44. The van der Waals surface area contributed by atoms with E-state index in [-0.39, 0.29) is 5.69 Å². The first-order valence-corrected chi connectivity index (χ1v) is 5.04. The van der Waals surface area contributed by atoms with Gasteiger partial charge in [-0.3, -0.25) is 0 Å². The Labute approximate surface area is 93.3 Å². The van der Waals surface area contributed by atoms with Crippen LogP contribution >= 0.6 is 0 Å². The van der Waals surface area contributed by atoms with Crippen molar-refractivity contribution in [2.45, 2.75) is 6.92 Å². The molecular weight excluding hydrogens is 204 g/mol. The smallest absolute Gasteiger partial charge is 0.351 e. The van der Waals surface area contributed by atoms with Gasteiger partial charge in [0, 0.05) is 14.1 Å². The van der Waals surface area contributed by atoms with E-state index in [2.05, 4.69) is 10.4 Å². The fourth-order valence-corrected chi connectivity index (χ4v) is 1.55. The van der Waals surface area contributed by atoms with E-state index in [4.69, 9.17) is 0 Å². The van der Waals surface area contributed by atoms with Crippen molar-refractivity contribution < 1.29 is 0 Å². The topological polar surface area (TPSA) is 51.9 Å². The molecule has 5 nitrogen and oxygen atoms in total. The summed E-state index contributed by atoms with van der Waals surface area (Å²) in [5.41, 5.74) is 1.81. The fraction of sp³-hybridized carbons (Fsp3) is 0.273. The van der Waals surface area contributed by atoms with Crippen LogP contribution in [-0.2, 0) is 7.05 Å². The molecule has 0 fully saturated rings. The van der Waals surface area contributed by atoms with Crippen LogP contribution in [0, 0.1) is 6.92 Å². The molecule has 0 saturated heterocycles. The maximum Gasteiger partial charge on any atom is 0.351 e. The monoisotopic (exact) mass is 218 g/mol. The molecule has 16 heavy (non-hydrogen) atoms. The van der Waals surface area contributed by atoms with Crippen molar-refractivity contribution in [3.05, 3.63) is 40.3 Å². The number of hydrogen-bond acceptors (Lipinski definition) is 3. The molecular formula is C11H14N4O. The summed E-state index contributed by atoms with van der Waals surface area (Å²) >= 11 is 0. The van der Waals surface area contributed by atoms with Gasteiger partial charge in [0.05, 0.1) is 5.69 Å². The standard InChI is InChI=1S/C11H14N4O/c1-8-4-6-9(7-5-8)15-10(12-2)13-14(3)11(15)16/h4-7H,1-3H3,(H,12,13). The summed E-state index contributed by atoms with van der Waals surface area (Å²) in [5, 5.41) is 6.98. The van der Waals surface area contributed by atoms with Gasteiger partial charge in [-0.2, -0.15) is 0 Å². The molecule has 1 heterocycles.